The first-order chi connectivity index (χ1) is 7.87. The van der Waals surface area contributed by atoms with Gasteiger partial charge in [-0.1, -0.05) is 19.9 Å². The molecule has 0 aromatic rings. The van der Waals surface area contributed by atoms with Crippen molar-refractivity contribution in [3.8, 4) is 0 Å². The molecule has 1 aliphatic carbocycles. The van der Waals surface area contributed by atoms with Crippen molar-refractivity contribution in [3.05, 3.63) is 12.7 Å². The van der Waals surface area contributed by atoms with E-state index in [9.17, 15) is 5.11 Å². The van der Waals surface area contributed by atoms with Gasteiger partial charge in [-0.05, 0) is 31.1 Å². The molecule has 1 fully saturated rings. The molecule has 0 radical (unpaired) electrons. The van der Waals surface area contributed by atoms with Crippen molar-refractivity contribution in [2.75, 3.05) is 13.1 Å². The van der Waals surface area contributed by atoms with E-state index in [1.165, 1.54) is 6.42 Å². The SMILES string of the molecule is C=CCNC(N)=NCC1(O)CCCC(C)(C)C1. The van der Waals surface area contributed by atoms with E-state index in [2.05, 4.69) is 30.7 Å². The fourth-order valence-corrected chi connectivity index (χ4v) is 2.56. The average molecular weight is 239 g/mol. The summed E-state index contributed by atoms with van der Waals surface area (Å²) in [6.45, 7) is 8.96. The van der Waals surface area contributed by atoms with E-state index >= 15 is 0 Å². The predicted molar refractivity (Wildman–Crippen MR) is 71.9 cm³/mol. The van der Waals surface area contributed by atoms with E-state index in [0.29, 0.717) is 19.0 Å². The Kier molecular flexibility index (Phi) is 4.57. The summed E-state index contributed by atoms with van der Waals surface area (Å²) in [4.78, 5) is 4.21. The highest BCUT2D eigenvalue weighted by atomic mass is 16.3. The van der Waals surface area contributed by atoms with Crippen molar-refractivity contribution in [2.45, 2.75) is 45.1 Å². The molecule has 0 aliphatic heterocycles. The van der Waals surface area contributed by atoms with Crippen LogP contribution >= 0.6 is 0 Å². The number of nitrogens with zero attached hydrogens (tertiary/aromatic N) is 1. The molecule has 1 saturated carbocycles. The van der Waals surface area contributed by atoms with Crippen molar-refractivity contribution in [1.82, 2.24) is 5.32 Å². The predicted octanol–water partition coefficient (Wildman–Crippen LogP) is 1.41. The molecule has 0 saturated heterocycles. The summed E-state index contributed by atoms with van der Waals surface area (Å²) in [6.07, 6.45) is 5.55. The van der Waals surface area contributed by atoms with Gasteiger partial charge < -0.3 is 16.2 Å². The van der Waals surface area contributed by atoms with Gasteiger partial charge in [-0.3, -0.25) is 4.99 Å². The van der Waals surface area contributed by atoms with Crippen LogP contribution in [0.1, 0.15) is 39.5 Å². The van der Waals surface area contributed by atoms with Crippen LogP contribution in [0.4, 0.5) is 0 Å². The van der Waals surface area contributed by atoms with Crippen LogP contribution in [0.2, 0.25) is 0 Å². The number of nitrogens with one attached hydrogen (secondary N) is 1. The summed E-state index contributed by atoms with van der Waals surface area (Å²) in [7, 11) is 0. The Hall–Kier alpha value is -1.03. The van der Waals surface area contributed by atoms with Gasteiger partial charge in [0.1, 0.15) is 0 Å². The van der Waals surface area contributed by atoms with Crippen molar-refractivity contribution < 1.29 is 5.11 Å². The van der Waals surface area contributed by atoms with Gasteiger partial charge in [-0.25, -0.2) is 0 Å². The molecule has 98 valence electrons. The fraction of sp³-hybridized carbons (Fsp3) is 0.769. The molecule has 4 N–H and O–H groups in total. The van der Waals surface area contributed by atoms with E-state index in [-0.39, 0.29) is 5.41 Å². The zero-order chi connectivity index (χ0) is 12.9. The minimum absolute atomic E-state index is 0.200. The van der Waals surface area contributed by atoms with Gasteiger partial charge in [0, 0.05) is 6.54 Å². The maximum absolute atomic E-state index is 10.5. The van der Waals surface area contributed by atoms with E-state index in [0.717, 1.165) is 19.3 Å². The van der Waals surface area contributed by atoms with E-state index < -0.39 is 5.60 Å². The summed E-state index contributed by atoms with van der Waals surface area (Å²) in [5.41, 5.74) is 5.19. The third-order valence-electron chi connectivity index (χ3n) is 3.27. The molecule has 1 unspecified atom stereocenters. The molecule has 0 bridgehead atoms. The molecule has 0 heterocycles. The third-order valence-corrected chi connectivity index (χ3v) is 3.27. The van der Waals surface area contributed by atoms with Crippen molar-refractivity contribution in [2.24, 2.45) is 16.1 Å². The second-order valence-electron chi connectivity index (χ2n) is 5.79. The Morgan fingerprint density at radius 1 is 1.53 bits per heavy atom. The first kappa shape index (κ1) is 14.0. The minimum Gasteiger partial charge on any atom is -0.388 e. The van der Waals surface area contributed by atoms with Gasteiger partial charge in [0.05, 0.1) is 12.1 Å². The molecule has 0 amide bonds. The standard InChI is InChI=1S/C13H25N3O/c1-4-8-15-11(14)16-10-13(17)7-5-6-12(2,3)9-13/h4,17H,1,5-10H2,2-3H3,(H3,14,15,16). The Morgan fingerprint density at radius 3 is 2.82 bits per heavy atom. The van der Waals surface area contributed by atoms with Gasteiger partial charge in [0.15, 0.2) is 5.96 Å². The Balaban J connectivity index is 2.51. The lowest BCUT2D eigenvalue weighted by atomic mass is 9.70. The Morgan fingerprint density at radius 2 is 2.24 bits per heavy atom. The number of aliphatic hydroxyl groups is 1. The maximum atomic E-state index is 10.5. The molecule has 1 atom stereocenters. The van der Waals surface area contributed by atoms with E-state index in [1.807, 2.05) is 0 Å². The van der Waals surface area contributed by atoms with Crippen LogP contribution in [0.3, 0.4) is 0 Å². The molecule has 4 heteroatoms. The number of hydrogen-bond donors (Lipinski definition) is 3. The number of hydrogen-bond acceptors (Lipinski definition) is 2. The highest BCUT2D eigenvalue weighted by Crippen LogP contribution is 2.40. The lowest BCUT2D eigenvalue weighted by molar-refractivity contribution is -0.0307. The highest BCUT2D eigenvalue weighted by Gasteiger charge is 2.38. The normalized spacial score (nSPS) is 28.8. The summed E-state index contributed by atoms with van der Waals surface area (Å²) < 4.78 is 0. The summed E-state index contributed by atoms with van der Waals surface area (Å²) in [5.74, 6) is 0.377. The van der Waals surface area contributed by atoms with Crippen molar-refractivity contribution in [3.63, 3.8) is 0 Å². The first-order valence-corrected chi connectivity index (χ1v) is 6.24. The van der Waals surface area contributed by atoms with Crippen LogP contribution < -0.4 is 11.1 Å². The molecule has 0 spiro atoms. The molecule has 0 aromatic heterocycles. The summed E-state index contributed by atoms with van der Waals surface area (Å²) in [6, 6.07) is 0. The second kappa shape index (κ2) is 5.54. The molecule has 1 aliphatic rings. The first-order valence-electron chi connectivity index (χ1n) is 6.24. The van der Waals surface area contributed by atoms with Gasteiger partial charge in [0.2, 0.25) is 0 Å². The highest BCUT2D eigenvalue weighted by molar-refractivity contribution is 5.77. The largest absolute Gasteiger partial charge is 0.388 e. The summed E-state index contributed by atoms with van der Waals surface area (Å²) >= 11 is 0. The Bertz CT molecular complexity index is 299. The van der Waals surface area contributed by atoms with Crippen LogP contribution in [0.25, 0.3) is 0 Å². The zero-order valence-electron chi connectivity index (χ0n) is 11.0. The zero-order valence-corrected chi connectivity index (χ0v) is 11.0. The minimum atomic E-state index is -0.692. The fourth-order valence-electron chi connectivity index (χ4n) is 2.56. The lowest BCUT2D eigenvalue weighted by Gasteiger charge is -2.40. The number of rotatable bonds is 4. The summed E-state index contributed by atoms with van der Waals surface area (Å²) in [5, 5.41) is 13.4. The molecule has 4 nitrogen and oxygen atoms in total. The third kappa shape index (κ3) is 4.77. The maximum Gasteiger partial charge on any atom is 0.188 e. The average Bonchev–Trinajstić information content (AvgIpc) is 2.22. The van der Waals surface area contributed by atoms with Gasteiger partial charge in [-0.15, -0.1) is 6.58 Å². The molecular formula is C13H25N3O. The molecule has 1 rings (SSSR count). The van der Waals surface area contributed by atoms with Crippen LogP contribution in [0.5, 0.6) is 0 Å². The monoisotopic (exact) mass is 239 g/mol. The number of nitrogens with two attached hydrogens (primary N) is 1. The lowest BCUT2D eigenvalue weighted by Crippen LogP contribution is -2.43. The van der Waals surface area contributed by atoms with Gasteiger partial charge in [0.25, 0.3) is 0 Å². The van der Waals surface area contributed by atoms with Crippen molar-refractivity contribution >= 4 is 5.96 Å². The van der Waals surface area contributed by atoms with Crippen LogP contribution in [-0.4, -0.2) is 29.8 Å². The van der Waals surface area contributed by atoms with E-state index in [1.54, 1.807) is 6.08 Å². The second-order valence-corrected chi connectivity index (χ2v) is 5.79. The number of aliphatic imine (C=N–C) groups is 1. The van der Waals surface area contributed by atoms with Gasteiger partial charge >= 0.3 is 0 Å². The number of guanidine groups is 1. The topological polar surface area (TPSA) is 70.6 Å². The van der Waals surface area contributed by atoms with Gasteiger partial charge in [-0.2, -0.15) is 0 Å². The van der Waals surface area contributed by atoms with Crippen molar-refractivity contribution in [1.29, 1.82) is 0 Å². The molecule has 17 heavy (non-hydrogen) atoms. The van der Waals surface area contributed by atoms with Crippen LogP contribution in [-0.2, 0) is 0 Å². The van der Waals surface area contributed by atoms with Crippen LogP contribution in [0, 0.1) is 5.41 Å². The molecule has 0 aromatic carbocycles. The van der Waals surface area contributed by atoms with Crippen LogP contribution in [0.15, 0.2) is 17.6 Å². The van der Waals surface area contributed by atoms with E-state index in [4.69, 9.17) is 5.73 Å². The quantitative estimate of drug-likeness (QED) is 0.394. The smallest absolute Gasteiger partial charge is 0.188 e. The molecular weight excluding hydrogens is 214 g/mol. The Labute approximate surface area is 104 Å².